The van der Waals surface area contributed by atoms with Crippen molar-refractivity contribution in [2.24, 2.45) is 41.4 Å². The van der Waals surface area contributed by atoms with Gasteiger partial charge >= 0.3 is 6.03 Å². The van der Waals surface area contributed by atoms with Gasteiger partial charge in [0.2, 0.25) is 41.6 Å². The van der Waals surface area contributed by atoms with Crippen molar-refractivity contribution in [3.63, 3.8) is 0 Å². The molecule has 15 rings (SSSR count). The van der Waals surface area contributed by atoms with Crippen molar-refractivity contribution in [1.29, 1.82) is 0 Å². The van der Waals surface area contributed by atoms with Gasteiger partial charge in [-0.05, 0) is 170 Å². The maximum atomic E-state index is 16.5. The summed E-state index contributed by atoms with van der Waals surface area (Å²) in [7, 11) is 1.51. The molecule has 29 nitrogen and oxygen atoms in total. The molecule has 15 bridgehead atoms. The standard InChI is InChI=1S/C81H97Cl2N7O22/c1-5-6-7-8-9-10-17-85-81(108)86-64(98)30-45-27-56(95)68(89-78(106)53(84-4)18-36(2)3)70(99)40-12-15-59(51(82)25-40)109-61-28-44-29-62(75(61)112-80-74(103)73(102)72(101)63(35-91)111-80)110-60-16-13-41(26-52(60)83)71(100)69-79(107)88-67(58(97)33-47-42-20-37-19-38(22-42)23-43(47)21-37)50-31-46(92)32-55(94)65(50)49-24-39(11-14-54(49)93)48(77(105)90-69)34-57(96)66(44)87-76(45)104/h11-16,24-26,28-29,31-32,36-38,42-43,45,47-48,53,63,66-74,80,84,91-94,99-103H,5-10,17-23,27,30,33-35H2,1-4H3,(H,87,104)(H,88,107)(H,89,106)(H,90,105)(H2,85,86,98,108)/t37?,38?,42?,43?,45-,47?,48+,53+,63?,66+,67-,68-,69-,70+,71+,72?,73?,74?,80?/m0/s1. The number of unbranched alkanes of at least 4 members (excludes halogenated alkanes) is 5. The van der Waals surface area contributed by atoms with Crippen molar-refractivity contribution in [2.45, 2.75) is 203 Å². The fourth-order valence-electron chi connectivity index (χ4n) is 17.3. The minimum atomic E-state index is -2.20. The molecule has 0 aromatic heterocycles. The Kier molecular flexibility index (Phi) is 26.2. The minimum Gasteiger partial charge on any atom is -0.508 e. The number of urea groups is 1. The van der Waals surface area contributed by atoms with Crippen molar-refractivity contribution in [3.05, 3.63) is 117 Å². The van der Waals surface area contributed by atoms with Gasteiger partial charge in [0, 0.05) is 49.4 Å². The highest BCUT2D eigenvalue weighted by atomic mass is 35.5. The monoisotopic (exact) mass is 1590 g/mol. The van der Waals surface area contributed by atoms with Crippen LogP contribution >= 0.6 is 23.2 Å². The molecular weight excluding hydrogens is 1490 g/mol. The molecule has 0 radical (unpaired) electrons. The lowest BCUT2D eigenvalue weighted by Gasteiger charge is -2.54. The summed E-state index contributed by atoms with van der Waals surface area (Å²) in [4.78, 5) is 137. The van der Waals surface area contributed by atoms with Gasteiger partial charge in [0.15, 0.2) is 28.8 Å². The lowest BCUT2D eigenvalue weighted by Crippen LogP contribution is -2.60. The van der Waals surface area contributed by atoms with Crippen LogP contribution in [0.3, 0.4) is 0 Å². The molecule has 602 valence electrons. The van der Waals surface area contributed by atoms with E-state index in [0.29, 0.717) is 18.3 Å². The fraction of sp³-hybridized carbons (Fsp3) is 0.519. The van der Waals surface area contributed by atoms with Crippen molar-refractivity contribution in [1.82, 2.24) is 37.2 Å². The summed E-state index contributed by atoms with van der Waals surface area (Å²) in [6.45, 7) is 4.98. The number of carbonyl (C=O) groups excluding carboxylic acids is 9. The van der Waals surface area contributed by atoms with Crippen LogP contribution in [-0.2, 0) is 43.1 Å². The number of imide groups is 1. The Morgan fingerprint density at radius 2 is 1.28 bits per heavy atom. The maximum absolute atomic E-state index is 16.5. The molecule has 7 amide bonds. The van der Waals surface area contributed by atoms with E-state index in [1.54, 1.807) is 0 Å². The topological polar surface area (TPSA) is 457 Å². The number of hydrogen-bond donors (Lipinski definition) is 16. The average molecular weight is 1590 g/mol. The van der Waals surface area contributed by atoms with E-state index in [1.165, 1.54) is 49.5 Å². The Bertz CT molecular complexity index is 4380. The Balaban J connectivity index is 1.04. The molecule has 16 N–H and O–H groups in total. The zero-order chi connectivity index (χ0) is 80.3. The number of rotatable bonds is 20. The van der Waals surface area contributed by atoms with Gasteiger partial charge in [-0.3, -0.25) is 43.7 Å². The Labute approximate surface area is 656 Å². The normalized spacial score (nSPS) is 28.5. The van der Waals surface area contributed by atoms with Crippen LogP contribution in [0.5, 0.6) is 46.0 Å². The van der Waals surface area contributed by atoms with E-state index in [9.17, 15) is 60.3 Å². The van der Waals surface area contributed by atoms with E-state index in [1.807, 2.05) is 13.8 Å². The van der Waals surface area contributed by atoms with Gasteiger partial charge < -0.3 is 96.8 Å². The number of ether oxygens (including phenoxy) is 4. The quantitative estimate of drug-likeness (QED) is 0.0335. The van der Waals surface area contributed by atoms with Crippen molar-refractivity contribution in [3.8, 4) is 57.1 Å². The number of phenolic OH excluding ortho intramolecular Hbond substituents is 3. The summed E-state index contributed by atoms with van der Waals surface area (Å²) in [6.07, 6.45) is -6.84. The number of benzene rings is 5. The van der Waals surface area contributed by atoms with Crippen molar-refractivity contribution in [2.75, 3.05) is 20.2 Å². The second kappa shape index (κ2) is 35.6. The number of hydrogen-bond acceptors (Lipinski definition) is 23. The van der Waals surface area contributed by atoms with Crippen LogP contribution in [0.1, 0.15) is 182 Å². The number of likely N-dealkylation sites (N-methyl/N-ethyl adjacent to an activating group) is 1. The van der Waals surface area contributed by atoms with Crippen molar-refractivity contribution < 1.29 is 108 Å². The van der Waals surface area contributed by atoms with Gasteiger partial charge in [0.05, 0.1) is 34.5 Å². The highest BCUT2D eigenvalue weighted by Crippen LogP contribution is 2.58. The molecule has 112 heavy (non-hydrogen) atoms. The molecule has 5 aromatic carbocycles. The molecular formula is C81H97Cl2N7O22. The molecule has 5 aromatic rings. The number of halogens is 2. The summed E-state index contributed by atoms with van der Waals surface area (Å²) < 4.78 is 25.5. The summed E-state index contributed by atoms with van der Waals surface area (Å²) >= 11 is 14.3. The van der Waals surface area contributed by atoms with Crippen LogP contribution in [0.15, 0.2) is 78.9 Å². The van der Waals surface area contributed by atoms with Gasteiger partial charge in [-0.2, -0.15) is 0 Å². The lowest BCUT2D eigenvalue weighted by atomic mass is 9.51. The van der Waals surface area contributed by atoms with E-state index in [4.69, 9.17) is 42.1 Å². The number of phenols is 3. The zero-order valence-corrected chi connectivity index (χ0v) is 63.9. The van der Waals surface area contributed by atoms with E-state index in [-0.39, 0.29) is 104 Å². The third-order valence-electron chi connectivity index (χ3n) is 23.0. The first kappa shape index (κ1) is 82.4. The minimum absolute atomic E-state index is 0.0650. The third kappa shape index (κ3) is 18.3. The number of fused-ring (bicyclic) bond motifs is 15. The van der Waals surface area contributed by atoms with Crippen LogP contribution in [0.4, 0.5) is 4.79 Å². The summed E-state index contributed by atoms with van der Waals surface area (Å²) in [5.74, 6) is -15.2. The summed E-state index contributed by atoms with van der Waals surface area (Å²) in [5.41, 5.74) is -1.55. The first-order chi connectivity index (χ1) is 53.5. The number of carbonyl (C=O) groups is 9. The smallest absolute Gasteiger partial charge is 0.321 e. The molecule has 4 saturated carbocycles. The zero-order valence-electron chi connectivity index (χ0n) is 62.4. The molecule has 5 unspecified atom stereocenters. The summed E-state index contributed by atoms with van der Waals surface area (Å²) in [6, 6.07) is 5.23. The lowest BCUT2D eigenvalue weighted by molar-refractivity contribution is -0.277. The number of Topliss-reactive ketones (excluding diaryl/α,β-unsaturated/α-hetero) is 3. The second-order valence-corrected chi connectivity index (χ2v) is 32.1. The van der Waals surface area contributed by atoms with E-state index >= 15 is 28.8 Å². The van der Waals surface area contributed by atoms with Crippen LogP contribution in [-0.4, -0.2) is 168 Å². The van der Waals surface area contributed by atoms with Crippen LogP contribution in [0, 0.1) is 41.4 Å². The predicted octanol–water partition coefficient (Wildman–Crippen LogP) is 7.49. The van der Waals surface area contributed by atoms with Crippen LogP contribution < -0.4 is 51.4 Å². The highest BCUT2D eigenvalue weighted by Gasteiger charge is 2.51. The summed E-state index contributed by atoms with van der Waals surface area (Å²) in [5, 5.41) is 123. The SMILES string of the molecule is CCCCCCCCNC(=O)NC(=O)C[C@@H]1CC(=O)[C@H](NC(=O)[C@@H](CC(C)C)NC)[C@H](O)c2ccc(c(Cl)c2)Oc2cc3cc(c2OC2OC(CO)C(O)C(O)C2O)Oc2ccc(cc2Cl)[C@@H](O)[C@@H]2NC(=O)[C@H](CC(=O)[C@@H]3NC1=O)c1ccc(O)c(c1)-c1c(O)cc(O)cc1[C@@H](C(=O)CC1C3CC4CC(C3)CC1C4)NC2=O. The second-order valence-electron chi connectivity index (χ2n) is 31.3. The van der Waals surface area contributed by atoms with Gasteiger partial charge in [-0.25, -0.2) is 4.79 Å². The molecule has 6 aliphatic heterocycles. The number of ketones is 3. The Morgan fingerprint density at radius 3 is 1.90 bits per heavy atom. The predicted molar refractivity (Wildman–Crippen MR) is 404 cm³/mol. The third-order valence-corrected chi connectivity index (χ3v) is 23.6. The Hall–Kier alpha value is -9.01. The average Bonchev–Trinajstić information content (AvgIpc) is 0.732. The highest BCUT2D eigenvalue weighted by molar-refractivity contribution is 6.32. The first-order valence-electron chi connectivity index (χ1n) is 38.4. The number of aromatic hydroxyl groups is 3. The number of nitrogens with one attached hydrogen (secondary N) is 7. The van der Waals surface area contributed by atoms with Gasteiger partial charge in [0.25, 0.3) is 0 Å². The van der Waals surface area contributed by atoms with Gasteiger partial charge in [-0.1, -0.05) is 94.3 Å². The number of aliphatic hydroxyl groups excluding tert-OH is 6. The van der Waals surface area contributed by atoms with Gasteiger partial charge in [0.1, 0.15) is 89.5 Å². The van der Waals surface area contributed by atoms with Crippen LogP contribution in [0.2, 0.25) is 10.0 Å². The fourth-order valence-corrected chi connectivity index (χ4v) is 17.8. The number of aliphatic hydroxyl groups is 6. The molecule has 14 atom stereocenters. The number of amides is 7. The van der Waals surface area contributed by atoms with E-state index in [0.717, 1.165) is 101 Å². The van der Waals surface area contributed by atoms with Crippen LogP contribution in [0.25, 0.3) is 11.1 Å². The molecule has 5 fully saturated rings. The Morgan fingerprint density at radius 1 is 0.643 bits per heavy atom. The van der Waals surface area contributed by atoms with Gasteiger partial charge in [-0.15, -0.1) is 0 Å². The molecule has 4 aliphatic carbocycles. The first-order valence-corrected chi connectivity index (χ1v) is 39.1. The molecule has 10 aliphatic rings. The largest absolute Gasteiger partial charge is 0.508 e. The van der Waals surface area contributed by atoms with E-state index in [2.05, 4.69) is 44.1 Å². The molecule has 31 heteroatoms. The maximum Gasteiger partial charge on any atom is 0.321 e. The van der Waals surface area contributed by atoms with Crippen molar-refractivity contribution >= 4 is 76.1 Å². The molecule has 1 saturated heterocycles. The molecule has 0 spiro atoms. The molecule has 6 heterocycles. The van der Waals surface area contributed by atoms with E-state index < -0.39 is 198 Å².